The van der Waals surface area contributed by atoms with Gasteiger partial charge in [-0.05, 0) is 44.0 Å². The molecule has 3 nitrogen and oxygen atoms in total. The second kappa shape index (κ2) is 6.72. The van der Waals surface area contributed by atoms with Crippen molar-refractivity contribution in [2.75, 3.05) is 5.32 Å². The van der Waals surface area contributed by atoms with Crippen molar-refractivity contribution in [3.63, 3.8) is 0 Å². The number of nitrogens with one attached hydrogen (secondary N) is 1. The molecule has 1 aromatic heterocycles. The number of carbonyl (C=O) groups is 1. The maximum Gasteiger partial charge on any atom is 0.267 e. The molecule has 0 fully saturated rings. The number of aromatic nitrogens is 1. The third kappa shape index (κ3) is 3.30. The first-order valence-corrected chi connectivity index (χ1v) is 8.49. The molecule has 3 aromatic rings. The zero-order chi connectivity index (χ0) is 18.1. The minimum absolute atomic E-state index is 0.153. The first-order valence-electron chi connectivity index (χ1n) is 7.68. The van der Waals surface area contributed by atoms with Crippen molar-refractivity contribution in [3.8, 4) is 10.6 Å². The highest BCUT2D eigenvalue weighted by molar-refractivity contribution is 7.17. The Hall–Kier alpha value is -2.60. The lowest BCUT2D eigenvalue weighted by atomic mass is 10.1. The van der Waals surface area contributed by atoms with Gasteiger partial charge in [-0.25, -0.2) is 13.8 Å². The van der Waals surface area contributed by atoms with Crippen LogP contribution < -0.4 is 5.32 Å². The molecule has 0 radical (unpaired) electrons. The molecule has 0 aliphatic rings. The molecule has 0 saturated carbocycles. The Bertz CT molecular complexity index is 926. The van der Waals surface area contributed by atoms with Gasteiger partial charge in [0, 0.05) is 5.69 Å². The van der Waals surface area contributed by atoms with Crippen LogP contribution in [-0.4, -0.2) is 10.9 Å². The van der Waals surface area contributed by atoms with Crippen LogP contribution in [0.25, 0.3) is 10.6 Å². The van der Waals surface area contributed by atoms with Crippen molar-refractivity contribution in [3.05, 3.63) is 69.7 Å². The van der Waals surface area contributed by atoms with Crippen LogP contribution in [0.2, 0.25) is 0 Å². The largest absolute Gasteiger partial charge is 0.321 e. The number of aryl methyl sites for hydroxylation is 3. The molecular formula is C19H16F2N2OS. The number of nitrogens with zero attached hydrogens (tertiary/aromatic N) is 1. The lowest BCUT2D eigenvalue weighted by molar-refractivity contribution is 0.102. The SMILES string of the molecule is Cc1cccc(C)c1NC(=O)c1sc(-c2c(F)cccc2F)nc1C. The summed E-state index contributed by atoms with van der Waals surface area (Å²) in [5.74, 6) is -1.73. The number of anilines is 1. The first kappa shape index (κ1) is 17.2. The van der Waals surface area contributed by atoms with Crippen LogP contribution in [0.4, 0.5) is 14.5 Å². The molecule has 25 heavy (non-hydrogen) atoms. The zero-order valence-electron chi connectivity index (χ0n) is 14.0. The number of thiazole rings is 1. The van der Waals surface area contributed by atoms with E-state index in [-0.39, 0.29) is 16.5 Å². The van der Waals surface area contributed by atoms with Gasteiger partial charge in [-0.2, -0.15) is 0 Å². The molecule has 0 aliphatic carbocycles. The van der Waals surface area contributed by atoms with Crippen LogP contribution >= 0.6 is 11.3 Å². The summed E-state index contributed by atoms with van der Waals surface area (Å²) in [5, 5.41) is 3.03. The molecule has 3 rings (SSSR count). The molecule has 1 heterocycles. The molecule has 1 amide bonds. The summed E-state index contributed by atoms with van der Waals surface area (Å²) in [6, 6.07) is 9.36. The van der Waals surface area contributed by atoms with E-state index in [1.807, 2.05) is 32.0 Å². The number of amides is 1. The van der Waals surface area contributed by atoms with Gasteiger partial charge >= 0.3 is 0 Å². The highest BCUT2D eigenvalue weighted by atomic mass is 32.1. The van der Waals surface area contributed by atoms with E-state index < -0.39 is 11.6 Å². The van der Waals surface area contributed by atoms with E-state index in [1.54, 1.807) is 6.92 Å². The number of benzene rings is 2. The van der Waals surface area contributed by atoms with Gasteiger partial charge in [0.1, 0.15) is 21.5 Å². The van der Waals surface area contributed by atoms with Gasteiger partial charge in [-0.3, -0.25) is 4.79 Å². The van der Waals surface area contributed by atoms with Gasteiger partial charge in [0.05, 0.1) is 11.3 Å². The summed E-state index contributed by atoms with van der Waals surface area (Å²) >= 11 is 0.977. The van der Waals surface area contributed by atoms with E-state index in [2.05, 4.69) is 10.3 Å². The fourth-order valence-corrected chi connectivity index (χ4v) is 3.61. The average Bonchev–Trinajstić information content (AvgIpc) is 2.92. The Morgan fingerprint density at radius 1 is 1.00 bits per heavy atom. The molecule has 128 valence electrons. The fourth-order valence-electron chi connectivity index (χ4n) is 2.60. The minimum atomic E-state index is -0.699. The van der Waals surface area contributed by atoms with Crippen LogP contribution in [0.3, 0.4) is 0 Å². The van der Waals surface area contributed by atoms with Crippen LogP contribution in [0.15, 0.2) is 36.4 Å². The van der Waals surface area contributed by atoms with Gasteiger partial charge in [-0.1, -0.05) is 24.3 Å². The van der Waals surface area contributed by atoms with Gasteiger partial charge in [0.25, 0.3) is 5.91 Å². The number of halogens is 2. The second-order valence-corrected chi connectivity index (χ2v) is 6.75. The van der Waals surface area contributed by atoms with Crippen molar-refractivity contribution in [2.45, 2.75) is 20.8 Å². The Morgan fingerprint density at radius 2 is 1.56 bits per heavy atom. The van der Waals surface area contributed by atoms with Crippen LogP contribution in [0.1, 0.15) is 26.5 Å². The first-order chi connectivity index (χ1) is 11.9. The topological polar surface area (TPSA) is 42.0 Å². The lowest BCUT2D eigenvalue weighted by Gasteiger charge is -2.10. The van der Waals surface area contributed by atoms with E-state index in [0.717, 1.165) is 28.2 Å². The zero-order valence-corrected chi connectivity index (χ0v) is 14.8. The number of para-hydroxylation sites is 1. The highest BCUT2D eigenvalue weighted by Gasteiger charge is 2.21. The van der Waals surface area contributed by atoms with Crippen molar-refractivity contribution >= 4 is 22.9 Å². The number of hydrogen-bond donors (Lipinski definition) is 1. The highest BCUT2D eigenvalue weighted by Crippen LogP contribution is 2.32. The molecule has 0 saturated heterocycles. The van der Waals surface area contributed by atoms with Gasteiger partial charge in [0.15, 0.2) is 0 Å². The molecule has 0 atom stereocenters. The smallest absolute Gasteiger partial charge is 0.267 e. The standard InChI is InChI=1S/C19H16F2N2OS/c1-10-6-4-7-11(2)16(10)23-18(24)17-12(3)22-19(25-17)15-13(20)8-5-9-14(15)21/h4-9H,1-3H3,(H,23,24). The van der Waals surface area contributed by atoms with E-state index in [9.17, 15) is 13.6 Å². The summed E-state index contributed by atoms with van der Waals surface area (Å²) in [5.41, 5.74) is 2.85. The Balaban J connectivity index is 1.97. The lowest BCUT2D eigenvalue weighted by Crippen LogP contribution is -2.13. The minimum Gasteiger partial charge on any atom is -0.321 e. The third-order valence-corrected chi connectivity index (χ3v) is 5.07. The van der Waals surface area contributed by atoms with Crippen LogP contribution in [0, 0.1) is 32.4 Å². The molecule has 0 spiro atoms. The molecule has 0 aliphatic heterocycles. The summed E-state index contributed by atoms with van der Waals surface area (Å²) in [7, 11) is 0. The molecule has 0 bridgehead atoms. The summed E-state index contributed by atoms with van der Waals surface area (Å²) < 4.78 is 27.9. The molecule has 6 heteroatoms. The third-order valence-electron chi connectivity index (χ3n) is 3.90. The number of carbonyl (C=O) groups excluding carboxylic acids is 1. The van der Waals surface area contributed by atoms with Crippen LogP contribution in [0.5, 0.6) is 0 Å². The maximum absolute atomic E-state index is 14.0. The Morgan fingerprint density at radius 3 is 2.16 bits per heavy atom. The normalized spacial score (nSPS) is 10.8. The fraction of sp³-hybridized carbons (Fsp3) is 0.158. The quantitative estimate of drug-likeness (QED) is 0.693. The second-order valence-electron chi connectivity index (χ2n) is 5.75. The van der Waals surface area contributed by atoms with Crippen molar-refractivity contribution in [2.24, 2.45) is 0 Å². The van der Waals surface area contributed by atoms with E-state index in [1.165, 1.54) is 18.2 Å². The Kier molecular flexibility index (Phi) is 4.63. The molecule has 2 aromatic carbocycles. The Labute approximate surface area is 148 Å². The maximum atomic E-state index is 14.0. The van der Waals surface area contributed by atoms with Gasteiger partial charge in [-0.15, -0.1) is 11.3 Å². The summed E-state index contributed by atoms with van der Waals surface area (Å²) in [6.45, 7) is 5.46. The van der Waals surface area contributed by atoms with E-state index >= 15 is 0 Å². The average molecular weight is 358 g/mol. The summed E-state index contributed by atoms with van der Waals surface area (Å²) in [4.78, 5) is 17.1. The molecular weight excluding hydrogens is 342 g/mol. The van der Waals surface area contributed by atoms with Gasteiger partial charge in [0.2, 0.25) is 0 Å². The van der Waals surface area contributed by atoms with E-state index in [4.69, 9.17) is 0 Å². The summed E-state index contributed by atoms with van der Waals surface area (Å²) in [6.07, 6.45) is 0. The molecule has 0 unspecified atom stereocenters. The predicted octanol–water partition coefficient (Wildman–Crippen LogP) is 5.27. The van der Waals surface area contributed by atoms with Crippen molar-refractivity contribution in [1.29, 1.82) is 0 Å². The predicted molar refractivity (Wildman–Crippen MR) is 96.1 cm³/mol. The van der Waals surface area contributed by atoms with Crippen molar-refractivity contribution < 1.29 is 13.6 Å². The monoisotopic (exact) mass is 358 g/mol. The van der Waals surface area contributed by atoms with Crippen LogP contribution in [-0.2, 0) is 0 Å². The van der Waals surface area contributed by atoms with E-state index in [0.29, 0.717) is 10.6 Å². The molecule has 1 N–H and O–H groups in total. The number of hydrogen-bond acceptors (Lipinski definition) is 3. The number of rotatable bonds is 3. The van der Waals surface area contributed by atoms with Gasteiger partial charge < -0.3 is 5.32 Å². The van der Waals surface area contributed by atoms with Crippen molar-refractivity contribution in [1.82, 2.24) is 4.98 Å².